The van der Waals surface area contributed by atoms with Crippen LogP contribution in [0.2, 0.25) is 0 Å². The minimum absolute atomic E-state index is 0.205. The second kappa shape index (κ2) is 5.23. The molecule has 7 nitrogen and oxygen atoms in total. The molecule has 2 aromatic rings. The highest BCUT2D eigenvalue weighted by atomic mass is 19.3. The Labute approximate surface area is 113 Å². The second-order valence-corrected chi connectivity index (χ2v) is 4.72. The lowest BCUT2D eigenvalue weighted by Crippen LogP contribution is -2.32. The third-order valence-corrected chi connectivity index (χ3v) is 3.44. The number of aromatic nitrogens is 5. The summed E-state index contributed by atoms with van der Waals surface area (Å²) in [6.45, 7) is -2.76. The van der Waals surface area contributed by atoms with E-state index in [9.17, 15) is 8.78 Å². The van der Waals surface area contributed by atoms with Gasteiger partial charge in [-0.15, -0.1) is 5.10 Å². The Hall–Kier alpha value is -1.90. The van der Waals surface area contributed by atoms with Gasteiger partial charge >= 0.3 is 6.61 Å². The minimum atomic E-state index is -2.76. The normalized spacial score (nSPS) is 22.8. The molecular weight excluding hydrogens is 270 g/mol. The van der Waals surface area contributed by atoms with E-state index >= 15 is 0 Å². The number of hydrogen-bond acceptors (Lipinski definition) is 6. The minimum Gasteiger partial charge on any atom is -0.363 e. The number of halogens is 2. The zero-order valence-electron chi connectivity index (χ0n) is 10.8. The van der Waals surface area contributed by atoms with E-state index in [-0.39, 0.29) is 6.04 Å². The molecule has 2 atom stereocenters. The number of nitrogens with one attached hydrogen (secondary N) is 1. The molecule has 3 rings (SSSR count). The predicted octanol–water partition coefficient (Wildman–Crippen LogP) is 1.33. The van der Waals surface area contributed by atoms with Gasteiger partial charge in [-0.3, -0.25) is 0 Å². The summed E-state index contributed by atoms with van der Waals surface area (Å²) in [7, 11) is 1.73. The van der Waals surface area contributed by atoms with Crippen molar-refractivity contribution in [1.82, 2.24) is 25.0 Å². The Morgan fingerprint density at radius 3 is 3.05 bits per heavy atom. The lowest BCUT2D eigenvalue weighted by Gasteiger charge is -2.21. The van der Waals surface area contributed by atoms with Gasteiger partial charge in [-0.05, 0) is 19.3 Å². The maximum Gasteiger partial charge on any atom is 0.345 e. The van der Waals surface area contributed by atoms with E-state index in [4.69, 9.17) is 0 Å². The molecule has 9 heteroatoms. The molecule has 20 heavy (non-hydrogen) atoms. The van der Waals surface area contributed by atoms with E-state index in [2.05, 4.69) is 30.3 Å². The molecular formula is C11H14F2N6O. The molecule has 1 saturated carbocycles. The summed E-state index contributed by atoms with van der Waals surface area (Å²) < 4.78 is 30.9. The maximum atomic E-state index is 12.4. The molecule has 2 aromatic heterocycles. The Morgan fingerprint density at radius 1 is 1.40 bits per heavy atom. The SMILES string of the molecule is Cn1nnc2c(N[C@@H]3CCC[C@H]3OC(F)F)ncnc21. The largest absolute Gasteiger partial charge is 0.363 e. The van der Waals surface area contributed by atoms with E-state index in [0.29, 0.717) is 23.4 Å². The highest BCUT2D eigenvalue weighted by molar-refractivity contribution is 5.81. The van der Waals surface area contributed by atoms with Crippen LogP contribution in [0.25, 0.3) is 11.2 Å². The summed E-state index contributed by atoms with van der Waals surface area (Å²) >= 11 is 0. The average molecular weight is 284 g/mol. The van der Waals surface area contributed by atoms with E-state index < -0.39 is 12.7 Å². The first kappa shape index (κ1) is 13.1. The van der Waals surface area contributed by atoms with Crippen LogP contribution in [0.1, 0.15) is 19.3 Å². The summed E-state index contributed by atoms with van der Waals surface area (Å²) in [6.07, 6.45) is 3.08. The van der Waals surface area contributed by atoms with Crippen LogP contribution in [0.15, 0.2) is 6.33 Å². The Balaban J connectivity index is 1.82. The van der Waals surface area contributed by atoms with Crippen molar-refractivity contribution in [2.75, 3.05) is 5.32 Å². The number of rotatable bonds is 4. The number of aryl methyl sites for hydroxylation is 1. The molecule has 1 fully saturated rings. The van der Waals surface area contributed by atoms with Crippen molar-refractivity contribution < 1.29 is 13.5 Å². The van der Waals surface area contributed by atoms with Crippen molar-refractivity contribution >= 4 is 17.0 Å². The van der Waals surface area contributed by atoms with Crippen molar-refractivity contribution in [3.8, 4) is 0 Å². The molecule has 2 heterocycles. The summed E-state index contributed by atoms with van der Waals surface area (Å²) in [5.74, 6) is 0.498. The standard InChI is InChI=1S/C11H14F2N6O/c1-19-10-8(17-18-19)9(14-5-15-10)16-6-3-2-4-7(6)20-11(12)13/h5-7,11H,2-4H2,1H3,(H,14,15,16)/t6-,7-/m1/s1. The summed E-state index contributed by atoms with van der Waals surface area (Å²) in [5.41, 5.74) is 1.12. The quantitative estimate of drug-likeness (QED) is 0.912. The topological polar surface area (TPSA) is 77.8 Å². The lowest BCUT2D eigenvalue weighted by atomic mass is 10.2. The van der Waals surface area contributed by atoms with Crippen LogP contribution in [-0.2, 0) is 11.8 Å². The fourth-order valence-corrected chi connectivity index (χ4v) is 2.52. The van der Waals surface area contributed by atoms with Crippen molar-refractivity contribution in [2.45, 2.75) is 38.0 Å². The van der Waals surface area contributed by atoms with Gasteiger partial charge in [0, 0.05) is 7.05 Å². The van der Waals surface area contributed by atoms with Crippen molar-refractivity contribution in [1.29, 1.82) is 0 Å². The van der Waals surface area contributed by atoms with E-state index in [0.717, 1.165) is 12.8 Å². The number of ether oxygens (including phenoxy) is 1. The Kier molecular flexibility index (Phi) is 3.43. The number of alkyl halides is 2. The Morgan fingerprint density at radius 2 is 2.25 bits per heavy atom. The van der Waals surface area contributed by atoms with Crippen LogP contribution in [0.3, 0.4) is 0 Å². The van der Waals surface area contributed by atoms with Crippen molar-refractivity contribution in [3.05, 3.63) is 6.33 Å². The molecule has 108 valence electrons. The molecule has 0 radical (unpaired) electrons. The molecule has 0 saturated heterocycles. The Bertz CT molecular complexity index is 604. The van der Waals surface area contributed by atoms with Gasteiger partial charge in [-0.1, -0.05) is 5.21 Å². The fraction of sp³-hybridized carbons (Fsp3) is 0.636. The summed E-state index contributed by atoms with van der Waals surface area (Å²) in [4.78, 5) is 8.20. The van der Waals surface area contributed by atoms with Crippen LogP contribution in [-0.4, -0.2) is 43.7 Å². The molecule has 1 N–H and O–H groups in total. The van der Waals surface area contributed by atoms with Crippen LogP contribution >= 0.6 is 0 Å². The van der Waals surface area contributed by atoms with E-state index in [1.807, 2.05) is 0 Å². The summed E-state index contributed by atoms with van der Waals surface area (Å²) in [6, 6.07) is -0.205. The molecule has 1 aliphatic carbocycles. The third-order valence-electron chi connectivity index (χ3n) is 3.44. The molecule has 0 spiro atoms. The molecule has 0 aliphatic heterocycles. The van der Waals surface area contributed by atoms with Gasteiger partial charge in [0.15, 0.2) is 17.0 Å². The molecule has 1 aliphatic rings. The average Bonchev–Trinajstić information content (AvgIpc) is 2.98. The fourth-order valence-electron chi connectivity index (χ4n) is 2.52. The monoisotopic (exact) mass is 284 g/mol. The zero-order valence-corrected chi connectivity index (χ0v) is 10.8. The van der Waals surface area contributed by atoms with Crippen LogP contribution in [0, 0.1) is 0 Å². The van der Waals surface area contributed by atoms with Gasteiger partial charge < -0.3 is 10.1 Å². The van der Waals surface area contributed by atoms with Gasteiger partial charge in [0.05, 0.1) is 12.1 Å². The first-order valence-electron chi connectivity index (χ1n) is 6.35. The smallest absolute Gasteiger partial charge is 0.345 e. The molecule has 0 bridgehead atoms. The number of nitrogens with zero attached hydrogens (tertiary/aromatic N) is 5. The van der Waals surface area contributed by atoms with Crippen LogP contribution < -0.4 is 5.32 Å². The van der Waals surface area contributed by atoms with Gasteiger partial charge in [0.1, 0.15) is 6.33 Å². The molecule has 0 aromatic carbocycles. The molecule has 0 amide bonds. The third kappa shape index (κ3) is 2.40. The predicted molar refractivity (Wildman–Crippen MR) is 66.2 cm³/mol. The van der Waals surface area contributed by atoms with E-state index in [1.54, 1.807) is 7.05 Å². The number of fused-ring (bicyclic) bond motifs is 1. The van der Waals surface area contributed by atoms with E-state index in [1.165, 1.54) is 11.0 Å². The highest BCUT2D eigenvalue weighted by Gasteiger charge is 2.31. The lowest BCUT2D eigenvalue weighted by molar-refractivity contribution is -0.162. The van der Waals surface area contributed by atoms with Crippen molar-refractivity contribution in [2.24, 2.45) is 7.05 Å². The van der Waals surface area contributed by atoms with Crippen LogP contribution in [0.4, 0.5) is 14.6 Å². The first-order chi connectivity index (χ1) is 9.65. The van der Waals surface area contributed by atoms with Gasteiger partial charge in [-0.25, -0.2) is 14.6 Å². The maximum absolute atomic E-state index is 12.4. The number of anilines is 1. The van der Waals surface area contributed by atoms with Gasteiger partial charge in [0.25, 0.3) is 0 Å². The van der Waals surface area contributed by atoms with Gasteiger partial charge in [-0.2, -0.15) is 8.78 Å². The first-order valence-corrected chi connectivity index (χ1v) is 6.35. The summed E-state index contributed by atoms with van der Waals surface area (Å²) in [5, 5.41) is 11.0. The zero-order chi connectivity index (χ0) is 14.1. The highest BCUT2D eigenvalue weighted by Crippen LogP contribution is 2.27. The van der Waals surface area contributed by atoms with Crippen LogP contribution in [0.5, 0.6) is 0 Å². The number of hydrogen-bond donors (Lipinski definition) is 1. The molecule has 0 unspecified atom stereocenters. The second-order valence-electron chi connectivity index (χ2n) is 4.72. The van der Waals surface area contributed by atoms with Crippen molar-refractivity contribution in [3.63, 3.8) is 0 Å². The van der Waals surface area contributed by atoms with Gasteiger partial charge in [0.2, 0.25) is 0 Å².